The molecule has 6 heteroatoms. The van der Waals surface area contributed by atoms with Crippen molar-refractivity contribution in [2.24, 2.45) is 0 Å². The van der Waals surface area contributed by atoms with Gasteiger partial charge in [-0.25, -0.2) is 4.79 Å². The molecule has 1 atom stereocenters. The first-order valence-corrected chi connectivity index (χ1v) is 9.14. The van der Waals surface area contributed by atoms with Crippen LogP contribution >= 0.6 is 0 Å². The first-order valence-electron chi connectivity index (χ1n) is 9.14. The van der Waals surface area contributed by atoms with Gasteiger partial charge < -0.3 is 15.0 Å². The zero-order valence-corrected chi connectivity index (χ0v) is 16.5. The first-order chi connectivity index (χ1) is 12.1. The van der Waals surface area contributed by atoms with Crippen LogP contribution in [0.2, 0.25) is 0 Å². The smallest absolute Gasteiger partial charge is 0.410 e. The standard InChI is InChI=1S/C20H31N3O3/c1-15(24)21-18-10-11-23(14-18)13-17-8-6-16(7-9-17)12-22(5)19(25)26-20(2,3)4/h6-9,18H,10-14H2,1-5H3,(H,21,24). The number of likely N-dealkylation sites (tertiary alicyclic amines) is 1. The summed E-state index contributed by atoms with van der Waals surface area (Å²) in [6.45, 7) is 10.4. The van der Waals surface area contributed by atoms with E-state index in [2.05, 4.69) is 34.5 Å². The molecule has 0 aliphatic carbocycles. The maximum atomic E-state index is 12.0. The number of nitrogens with one attached hydrogen (secondary N) is 1. The average molecular weight is 361 g/mol. The minimum atomic E-state index is -0.486. The summed E-state index contributed by atoms with van der Waals surface area (Å²) >= 11 is 0. The molecule has 0 spiro atoms. The zero-order valence-electron chi connectivity index (χ0n) is 16.5. The monoisotopic (exact) mass is 361 g/mol. The molecule has 0 aromatic heterocycles. The molecule has 1 aromatic rings. The van der Waals surface area contributed by atoms with E-state index in [1.807, 2.05) is 20.8 Å². The largest absolute Gasteiger partial charge is 0.444 e. The third kappa shape index (κ3) is 6.67. The SMILES string of the molecule is CC(=O)NC1CCN(Cc2ccc(CN(C)C(=O)OC(C)(C)C)cc2)C1. The van der Waals surface area contributed by atoms with Crippen molar-refractivity contribution in [1.29, 1.82) is 0 Å². The predicted molar refractivity (Wildman–Crippen MR) is 102 cm³/mol. The van der Waals surface area contributed by atoms with E-state index in [9.17, 15) is 9.59 Å². The average Bonchev–Trinajstić information content (AvgIpc) is 2.93. The summed E-state index contributed by atoms with van der Waals surface area (Å²) in [7, 11) is 1.74. The summed E-state index contributed by atoms with van der Waals surface area (Å²) in [6.07, 6.45) is 0.681. The third-order valence-corrected chi connectivity index (χ3v) is 4.23. The molecule has 1 aliphatic rings. The molecule has 144 valence electrons. The van der Waals surface area contributed by atoms with E-state index in [-0.39, 0.29) is 18.0 Å². The van der Waals surface area contributed by atoms with E-state index in [0.29, 0.717) is 6.54 Å². The minimum Gasteiger partial charge on any atom is -0.444 e. The molecule has 2 amide bonds. The van der Waals surface area contributed by atoms with E-state index < -0.39 is 5.60 Å². The van der Waals surface area contributed by atoms with Crippen LogP contribution in [0.3, 0.4) is 0 Å². The van der Waals surface area contributed by atoms with E-state index >= 15 is 0 Å². The lowest BCUT2D eigenvalue weighted by Crippen LogP contribution is -2.35. The van der Waals surface area contributed by atoms with Crippen LogP contribution in [0.1, 0.15) is 45.2 Å². The van der Waals surface area contributed by atoms with Crippen LogP contribution in [0.5, 0.6) is 0 Å². The highest BCUT2D eigenvalue weighted by Gasteiger charge is 2.23. The molecule has 1 N–H and O–H groups in total. The van der Waals surface area contributed by atoms with Crippen molar-refractivity contribution in [2.75, 3.05) is 20.1 Å². The normalized spacial score (nSPS) is 17.8. The van der Waals surface area contributed by atoms with Crippen LogP contribution < -0.4 is 5.32 Å². The molecule has 26 heavy (non-hydrogen) atoms. The Kier molecular flexibility index (Phi) is 6.64. The van der Waals surface area contributed by atoms with Crippen LogP contribution in [0.25, 0.3) is 0 Å². The number of hydrogen-bond donors (Lipinski definition) is 1. The van der Waals surface area contributed by atoms with Crippen molar-refractivity contribution in [3.05, 3.63) is 35.4 Å². The van der Waals surface area contributed by atoms with Gasteiger partial charge in [0, 0.05) is 46.2 Å². The molecule has 1 unspecified atom stereocenters. The second-order valence-corrected chi connectivity index (χ2v) is 8.07. The lowest BCUT2D eigenvalue weighted by Gasteiger charge is -2.24. The van der Waals surface area contributed by atoms with E-state index in [4.69, 9.17) is 4.74 Å². The van der Waals surface area contributed by atoms with Crippen molar-refractivity contribution in [3.63, 3.8) is 0 Å². The highest BCUT2D eigenvalue weighted by Crippen LogP contribution is 2.16. The first kappa shape index (κ1) is 20.2. The summed E-state index contributed by atoms with van der Waals surface area (Å²) in [4.78, 5) is 27.1. The van der Waals surface area contributed by atoms with E-state index in [1.54, 1.807) is 18.9 Å². The van der Waals surface area contributed by atoms with Crippen LogP contribution in [0.4, 0.5) is 4.79 Å². The molecule has 1 aromatic carbocycles. The Morgan fingerprint density at radius 1 is 1.23 bits per heavy atom. The second kappa shape index (κ2) is 8.54. The fourth-order valence-electron chi connectivity index (χ4n) is 3.07. The number of hydrogen-bond acceptors (Lipinski definition) is 4. The predicted octanol–water partition coefficient (Wildman–Crippen LogP) is 2.76. The Morgan fingerprint density at radius 2 is 1.85 bits per heavy atom. The number of rotatable bonds is 5. The molecular formula is C20H31N3O3. The topological polar surface area (TPSA) is 61.9 Å². The molecule has 2 rings (SSSR count). The Balaban J connectivity index is 1.83. The van der Waals surface area contributed by atoms with E-state index in [0.717, 1.165) is 31.6 Å². The van der Waals surface area contributed by atoms with Gasteiger partial charge >= 0.3 is 6.09 Å². The van der Waals surface area contributed by atoms with Gasteiger partial charge in [0.2, 0.25) is 5.91 Å². The fourth-order valence-corrected chi connectivity index (χ4v) is 3.07. The van der Waals surface area contributed by atoms with E-state index in [1.165, 1.54) is 5.56 Å². The molecule has 1 heterocycles. The second-order valence-electron chi connectivity index (χ2n) is 8.07. The van der Waals surface area contributed by atoms with Crippen molar-refractivity contribution >= 4 is 12.0 Å². The molecule has 1 fully saturated rings. The lowest BCUT2D eigenvalue weighted by molar-refractivity contribution is -0.119. The molecule has 1 aliphatic heterocycles. The van der Waals surface area contributed by atoms with Gasteiger partial charge in [-0.05, 0) is 38.3 Å². The molecule has 0 bridgehead atoms. The molecule has 0 saturated carbocycles. The van der Waals surface area contributed by atoms with Gasteiger partial charge in [0.05, 0.1) is 0 Å². The van der Waals surface area contributed by atoms with Gasteiger partial charge in [0.25, 0.3) is 0 Å². The Hall–Kier alpha value is -2.08. The quantitative estimate of drug-likeness (QED) is 0.876. The lowest BCUT2D eigenvalue weighted by atomic mass is 10.1. The van der Waals surface area contributed by atoms with Crippen LogP contribution in [-0.2, 0) is 22.6 Å². The van der Waals surface area contributed by atoms with Gasteiger partial charge in [-0.2, -0.15) is 0 Å². The maximum absolute atomic E-state index is 12.0. The van der Waals surface area contributed by atoms with Crippen LogP contribution in [0, 0.1) is 0 Å². The molecule has 6 nitrogen and oxygen atoms in total. The van der Waals surface area contributed by atoms with Crippen molar-refractivity contribution in [3.8, 4) is 0 Å². The highest BCUT2D eigenvalue weighted by molar-refractivity contribution is 5.73. The summed E-state index contributed by atoms with van der Waals surface area (Å²) in [5.41, 5.74) is 1.82. The number of benzene rings is 1. The fraction of sp³-hybridized carbons (Fsp3) is 0.600. The number of carbonyl (C=O) groups is 2. The molecule has 0 radical (unpaired) electrons. The summed E-state index contributed by atoms with van der Waals surface area (Å²) in [6, 6.07) is 8.57. The minimum absolute atomic E-state index is 0.0373. The van der Waals surface area contributed by atoms with Crippen molar-refractivity contribution in [1.82, 2.24) is 15.1 Å². The summed E-state index contributed by atoms with van der Waals surface area (Å²) < 4.78 is 5.37. The molecule has 1 saturated heterocycles. The number of ether oxygens (including phenoxy) is 1. The van der Waals surface area contributed by atoms with Gasteiger partial charge in [-0.3, -0.25) is 9.69 Å². The summed E-state index contributed by atoms with van der Waals surface area (Å²) in [5.74, 6) is 0.0373. The Labute approximate surface area is 156 Å². The maximum Gasteiger partial charge on any atom is 0.410 e. The Morgan fingerprint density at radius 3 is 2.42 bits per heavy atom. The number of amides is 2. The Bertz CT molecular complexity index is 622. The van der Waals surface area contributed by atoms with Gasteiger partial charge in [0.15, 0.2) is 0 Å². The van der Waals surface area contributed by atoms with Crippen LogP contribution in [0.15, 0.2) is 24.3 Å². The highest BCUT2D eigenvalue weighted by atomic mass is 16.6. The zero-order chi connectivity index (χ0) is 19.3. The summed E-state index contributed by atoms with van der Waals surface area (Å²) in [5, 5.41) is 2.98. The van der Waals surface area contributed by atoms with Crippen molar-refractivity contribution < 1.29 is 14.3 Å². The van der Waals surface area contributed by atoms with Crippen molar-refractivity contribution in [2.45, 2.75) is 58.8 Å². The van der Waals surface area contributed by atoms with Crippen LogP contribution in [-0.4, -0.2) is 53.6 Å². The molecular weight excluding hydrogens is 330 g/mol. The van der Waals surface area contributed by atoms with Gasteiger partial charge in [-0.1, -0.05) is 24.3 Å². The van der Waals surface area contributed by atoms with Gasteiger partial charge in [0.1, 0.15) is 5.60 Å². The third-order valence-electron chi connectivity index (χ3n) is 4.23. The number of nitrogens with zero attached hydrogens (tertiary/aromatic N) is 2. The number of carbonyl (C=O) groups excluding carboxylic acids is 2. The van der Waals surface area contributed by atoms with Gasteiger partial charge in [-0.15, -0.1) is 0 Å².